The van der Waals surface area contributed by atoms with Gasteiger partial charge >= 0.3 is 0 Å². The van der Waals surface area contributed by atoms with Crippen LogP contribution in [0.1, 0.15) is 0 Å². The summed E-state index contributed by atoms with van der Waals surface area (Å²) in [5, 5.41) is 1.24. The van der Waals surface area contributed by atoms with Gasteiger partial charge in [-0.05, 0) is 31.9 Å². The van der Waals surface area contributed by atoms with Crippen molar-refractivity contribution in [2.24, 2.45) is 0 Å². The number of nitrogens with one attached hydrogen (secondary N) is 1. The summed E-state index contributed by atoms with van der Waals surface area (Å²) >= 11 is 12.5. The molecule has 0 aliphatic rings. The highest BCUT2D eigenvalue weighted by atomic mass is 79.9. The molecule has 12 heavy (non-hydrogen) atoms. The standard InChI is InChI=1S/C6H2Br2ClN3/c7-3-2-5(9)10-1-11-6(2)12-4(3)8/h1H,(H,10,11,12). The molecule has 0 unspecified atom stereocenters. The van der Waals surface area contributed by atoms with Crippen LogP contribution in [0.4, 0.5) is 0 Å². The van der Waals surface area contributed by atoms with E-state index < -0.39 is 0 Å². The summed E-state index contributed by atoms with van der Waals surface area (Å²) in [5.41, 5.74) is 0.716. The minimum absolute atomic E-state index is 0.439. The molecule has 2 aromatic rings. The molecule has 6 heteroatoms. The number of aromatic amines is 1. The molecule has 0 saturated carbocycles. The topological polar surface area (TPSA) is 41.6 Å². The summed E-state index contributed by atoms with van der Waals surface area (Å²) in [6.45, 7) is 0. The highest BCUT2D eigenvalue weighted by Crippen LogP contribution is 2.33. The SMILES string of the molecule is Clc1ncnc2[nH]c(Br)c(Br)c12. The maximum absolute atomic E-state index is 5.85. The first kappa shape index (κ1) is 8.47. The van der Waals surface area contributed by atoms with Crippen molar-refractivity contribution in [2.75, 3.05) is 0 Å². The quantitative estimate of drug-likeness (QED) is 0.760. The Morgan fingerprint density at radius 3 is 2.75 bits per heavy atom. The smallest absolute Gasteiger partial charge is 0.144 e. The number of hydrogen-bond acceptors (Lipinski definition) is 2. The molecular weight excluding hydrogens is 309 g/mol. The monoisotopic (exact) mass is 309 g/mol. The van der Waals surface area contributed by atoms with Crippen molar-refractivity contribution in [1.29, 1.82) is 0 Å². The van der Waals surface area contributed by atoms with Crippen LogP contribution >= 0.6 is 43.5 Å². The maximum Gasteiger partial charge on any atom is 0.144 e. The van der Waals surface area contributed by atoms with Crippen molar-refractivity contribution in [2.45, 2.75) is 0 Å². The second kappa shape index (κ2) is 2.97. The highest BCUT2D eigenvalue weighted by Gasteiger charge is 2.11. The van der Waals surface area contributed by atoms with E-state index in [9.17, 15) is 0 Å². The number of fused-ring (bicyclic) bond motifs is 1. The van der Waals surface area contributed by atoms with Crippen LogP contribution in [0, 0.1) is 0 Å². The van der Waals surface area contributed by atoms with E-state index in [2.05, 4.69) is 46.8 Å². The Morgan fingerprint density at radius 1 is 1.33 bits per heavy atom. The summed E-state index contributed by atoms with van der Waals surface area (Å²) < 4.78 is 1.67. The Morgan fingerprint density at radius 2 is 2.08 bits per heavy atom. The summed E-state index contributed by atoms with van der Waals surface area (Å²) in [6, 6.07) is 0. The molecule has 0 saturated heterocycles. The molecule has 0 aliphatic heterocycles. The first-order valence-electron chi connectivity index (χ1n) is 3.03. The van der Waals surface area contributed by atoms with E-state index in [1.807, 2.05) is 0 Å². The normalized spacial score (nSPS) is 10.9. The average Bonchev–Trinajstić information content (AvgIpc) is 2.29. The molecular formula is C6H2Br2ClN3. The lowest BCUT2D eigenvalue weighted by atomic mass is 10.4. The van der Waals surface area contributed by atoms with E-state index in [4.69, 9.17) is 11.6 Å². The Labute approximate surface area is 89.8 Å². The van der Waals surface area contributed by atoms with Gasteiger partial charge in [-0.3, -0.25) is 0 Å². The van der Waals surface area contributed by atoms with Gasteiger partial charge in [-0.2, -0.15) is 0 Å². The fourth-order valence-electron chi connectivity index (χ4n) is 0.922. The molecule has 0 spiro atoms. The third-order valence-corrected chi connectivity index (χ3v) is 3.65. The van der Waals surface area contributed by atoms with Crippen LogP contribution in [0.15, 0.2) is 15.4 Å². The number of aromatic nitrogens is 3. The summed E-state index contributed by atoms with van der Waals surface area (Å²) in [6.07, 6.45) is 1.42. The predicted molar refractivity (Wildman–Crippen MR) is 54.3 cm³/mol. The first-order valence-corrected chi connectivity index (χ1v) is 4.99. The minimum atomic E-state index is 0.439. The van der Waals surface area contributed by atoms with Crippen molar-refractivity contribution in [3.05, 3.63) is 20.6 Å². The van der Waals surface area contributed by atoms with Crippen LogP contribution in [0.25, 0.3) is 11.0 Å². The average molecular weight is 311 g/mol. The number of nitrogens with zero attached hydrogens (tertiary/aromatic N) is 2. The third-order valence-electron chi connectivity index (χ3n) is 1.44. The molecule has 0 aliphatic carbocycles. The lowest BCUT2D eigenvalue weighted by molar-refractivity contribution is 1.20. The fourth-order valence-corrected chi connectivity index (χ4v) is 2.12. The van der Waals surface area contributed by atoms with E-state index in [1.54, 1.807) is 0 Å². The van der Waals surface area contributed by atoms with E-state index in [1.165, 1.54) is 6.33 Å². The second-order valence-electron chi connectivity index (χ2n) is 2.14. The van der Waals surface area contributed by atoms with E-state index in [-0.39, 0.29) is 0 Å². The van der Waals surface area contributed by atoms with Gasteiger partial charge in [-0.15, -0.1) is 0 Å². The molecule has 2 rings (SSSR count). The van der Waals surface area contributed by atoms with Crippen molar-refractivity contribution in [3.63, 3.8) is 0 Å². The number of hydrogen-bond donors (Lipinski definition) is 1. The van der Waals surface area contributed by atoms with Gasteiger partial charge in [0.25, 0.3) is 0 Å². The highest BCUT2D eigenvalue weighted by molar-refractivity contribution is 9.13. The number of halogens is 3. The van der Waals surface area contributed by atoms with E-state index in [0.717, 1.165) is 14.5 Å². The first-order chi connectivity index (χ1) is 5.70. The minimum Gasteiger partial charge on any atom is -0.333 e. The lowest BCUT2D eigenvalue weighted by Gasteiger charge is -1.90. The molecule has 1 N–H and O–H groups in total. The molecule has 0 atom stereocenters. The predicted octanol–water partition coefficient (Wildman–Crippen LogP) is 3.14. The molecule has 2 heterocycles. The molecule has 0 aromatic carbocycles. The van der Waals surface area contributed by atoms with Crippen LogP contribution in [0.5, 0.6) is 0 Å². The molecule has 3 nitrogen and oxygen atoms in total. The summed E-state index contributed by atoms with van der Waals surface area (Å²) in [4.78, 5) is 10.9. The van der Waals surface area contributed by atoms with E-state index in [0.29, 0.717) is 10.8 Å². The number of rotatable bonds is 0. The summed E-state index contributed by atoms with van der Waals surface area (Å²) in [7, 11) is 0. The zero-order chi connectivity index (χ0) is 8.72. The zero-order valence-corrected chi connectivity index (χ0v) is 9.53. The molecule has 62 valence electrons. The van der Waals surface area contributed by atoms with Crippen LogP contribution in [0.3, 0.4) is 0 Å². The van der Waals surface area contributed by atoms with Gasteiger partial charge in [0.05, 0.1) is 14.5 Å². The molecule has 0 amide bonds. The van der Waals surface area contributed by atoms with Gasteiger partial charge in [0.2, 0.25) is 0 Å². The van der Waals surface area contributed by atoms with Crippen molar-refractivity contribution < 1.29 is 0 Å². The molecule has 0 radical (unpaired) electrons. The number of H-pyrrole nitrogens is 1. The Hall–Kier alpha value is -0.130. The van der Waals surface area contributed by atoms with Gasteiger partial charge < -0.3 is 4.98 Å². The van der Waals surface area contributed by atoms with Crippen LogP contribution in [0.2, 0.25) is 5.15 Å². The molecule has 0 fully saturated rings. The zero-order valence-electron chi connectivity index (χ0n) is 5.61. The second-order valence-corrected chi connectivity index (χ2v) is 4.09. The maximum atomic E-state index is 5.85. The molecule has 0 bridgehead atoms. The lowest BCUT2D eigenvalue weighted by Crippen LogP contribution is -1.80. The largest absolute Gasteiger partial charge is 0.333 e. The van der Waals surface area contributed by atoms with Crippen LogP contribution in [-0.4, -0.2) is 15.0 Å². The van der Waals surface area contributed by atoms with Gasteiger partial charge in [0.1, 0.15) is 17.1 Å². The van der Waals surface area contributed by atoms with Crippen molar-refractivity contribution >= 4 is 54.5 Å². The van der Waals surface area contributed by atoms with Crippen LogP contribution < -0.4 is 0 Å². The van der Waals surface area contributed by atoms with Crippen molar-refractivity contribution in [1.82, 2.24) is 15.0 Å². The fraction of sp³-hybridized carbons (Fsp3) is 0. The summed E-state index contributed by atoms with van der Waals surface area (Å²) in [5.74, 6) is 0. The van der Waals surface area contributed by atoms with Gasteiger partial charge in [-0.1, -0.05) is 11.6 Å². The Balaban J connectivity index is 2.97. The van der Waals surface area contributed by atoms with E-state index >= 15 is 0 Å². The third kappa shape index (κ3) is 1.16. The Kier molecular flexibility index (Phi) is 2.10. The molecule has 2 aromatic heterocycles. The van der Waals surface area contributed by atoms with Crippen LogP contribution in [-0.2, 0) is 0 Å². The van der Waals surface area contributed by atoms with Gasteiger partial charge in [0.15, 0.2) is 0 Å². The van der Waals surface area contributed by atoms with Gasteiger partial charge in [-0.25, -0.2) is 9.97 Å². The van der Waals surface area contributed by atoms with Crippen molar-refractivity contribution in [3.8, 4) is 0 Å². The van der Waals surface area contributed by atoms with Gasteiger partial charge in [0, 0.05) is 0 Å². The Bertz CT molecular complexity index is 440.